The molecule has 2 aromatic rings. The number of halogens is 2. The smallest absolute Gasteiger partial charge is 0.126 e. The van der Waals surface area contributed by atoms with Crippen molar-refractivity contribution >= 4 is 11.3 Å². The molecule has 0 aliphatic rings. The van der Waals surface area contributed by atoms with Crippen LogP contribution < -0.4 is 5.32 Å². The van der Waals surface area contributed by atoms with E-state index in [1.165, 1.54) is 23.5 Å². The molecule has 0 saturated carbocycles. The molecular formula is C12H12F2N2S. The Morgan fingerprint density at radius 3 is 2.59 bits per heavy atom. The van der Waals surface area contributed by atoms with Crippen molar-refractivity contribution in [1.82, 2.24) is 10.3 Å². The number of aromatic nitrogens is 1. The second-order valence-corrected chi connectivity index (χ2v) is 4.58. The van der Waals surface area contributed by atoms with Gasteiger partial charge in [0.2, 0.25) is 0 Å². The highest BCUT2D eigenvalue weighted by Gasteiger charge is 2.07. The van der Waals surface area contributed by atoms with Crippen LogP contribution in [0.15, 0.2) is 23.6 Å². The predicted octanol–water partition coefficient (Wildman–Crippen LogP) is 2.85. The molecule has 0 spiro atoms. The highest BCUT2D eigenvalue weighted by Crippen LogP contribution is 2.23. The minimum absolute atomic E-state index is 0.481. The lowest BCUT2D eigenvalue weighted by atomic mass is 10.1. The summed E-state index contributed by atoms with van der Waals surface area (Å²) in [6.07, 6.45) is 0.818. The Bertz CT molecular complexity index is 491. The molecule has 0 aliphatic heterocycles. The molecule has 1 aromatic carbocycles. The largest absolute Gasteiger partial charge is 0.319 e. The summed E-state index contributed by atoms with van der Waals surface area (Å²) in [7, 11) is 1.87. The van der Waals surface area contributed by atoms with Gasteiger partial charge in [-0.05, 0) is 19.2 Å². The lowest BCUT2D eigenvalue weighted by Crippen LogP contribution is -2.09. The van der Waals surface area contributed by atoms with Crippen LogP contribution in [0.2, 0.25) is 0 Å². The average molecular weight is 254 g/mol. The van der Waals surface area contributed by atoms with E-state index in [1.807, 2.05) is 12.4 Å². The van der Waals surface area contributed by atoms with Gasteiger partial charge in [-0.3, -0.25) is 0 Å². The predicted molar refractivity (Wildman–Crippen MR) is 65.1 cm³/mol. The Kier molecular flexibility index (Phi) is 3.81. The molecule has 0 radical (unpaired) electrons. The minimum Gasteiger partial charge on any atom is -0.319 e. The second-order valence-electron chi connectivity index (χ2n) is 3.64. The molecule has 1 aromatic heterocycles. The zero-order valence-corrected chi connectivity index (χ0v) is 10.2. The number of hydrogen-bond donors (Lipinski definition) is 1. The molecule has 0 bridgehead atoms. The fraction of sp³-hybridized carbons (Fsp3) is 0.250. The topological polar surface area (TPSA) is 24.9 Å². The van der Waals surface area contributed by atoms with Gasteiger partial charge in [-0.2, -0.15) is 0 Å². The number of thiazole rings is 1. The van der Waals surface area contributed by atoms with Crippen LogP contribution in [0.5, 0.6) is 0 Å². The lowest BCUT2D eigenvalue weighted by Gasteiger charge is -1.98. The standard InChI is InChI=1S/C12H12F2N2S/c1-15-3-2-12-16-11(7-17-12)8-4-9(13)6-10(14)5-8/h4-7,15H,2-3H2,1H3. The first-order valence-electron chi connectivity index (χ1n) is 5.24. The summed E-state index contributed by atoms with van der Waals surface area (Å²) in [4.78, 5) is 4.35. The summed E-state index contributed by atoms with van der Waals surface area (Å²) < 4.78 is 26.1. The van der Waals surface area contributed by atoms with Crippen LogP contribution in [0.1, 0.15) is 5.01 Å². The first kappa shape index (κ1) is 12.1. The van der Waals surface area contributed by atoms with Gasteiger partial charge in [0.1, 0.15) is 11.6 Å². The van der Waals surface area contributed by atoms with E-state index in [4.69, 9.17) is 0 Å². The molecule has 0 unspecified atom stereocenters. The molecular weight excluding hydrogens is 242 g/mol. The number of nitrogens with one attached hydrogen (secondary N) is 1. The monoisotopic (exact) mass is 254 g/mol. The molecule has 0 saturated heterocycles. The van der Waals surface area contributed by atoms with Crippen molar-refractivity contribution < 1.29 is 8.78 Å². The Morgan fingerprint density at radius 1 is 1.24 bits per heavy atom. The third-order valence-electron chi connectivity index (χ3n) is 2.30. The Balaban J connectivity index is 2.24. The third-order valence-corrected chi connectivity index (χ3v) is 3.21. The maximum Gasteiger partial charge on any atom is 0.126 e. The van der Waals surface area contributed by atoms with Crippen LogP contribution in [0.3, 0.4) is 0 Å². The summed E-state index contributed by atoms with van der Waals surface area (Å²) >= 11 is 1.50. The van der Waals surface area contributed by atoms with Crippen molar-refractivity contribution in [3.05, 3.63) is 40.2 Å². The molecule has 5 heteroatoms. The van der Waals surface area contributed by atoms with Crippen LogP contribution in [-0.4, -0.2) is 18.6 Å². The highest BCUT2D eigenvalue weighted by atomic mass is 32.1. The first-order chi connectivity index (χ1) is 8.19. The normalized spacial score (nSPS) is 10.8. The number of benzene rings is 1. The third kappa shape index (κ3) is 3.08. The number of likely N-dealkylation sites (N-methyl/N-ethyl adjacent to an activating group) is 1. The van der Waals surface area contributed by atoms with Gasteiger partial charge < -0.3 is 5.32 Å². The Hall–Kier alpha value is -1.33. The summed E-state index contributed by atoms with van der Waals surface area (Å²) in [5.41, 5.74) is 1.11. The van der Waals surface area contributed by atoms with Gasteiger partial charge in [0, 0.05) is 30.0 Å². The maximum absolute atomic E-state index is 13.0. The average Bonchev–Trinajstić information content (AvgIpc) is 2.73. The minimum atomic E-state index is -0.579. The molecule has 0 fully saturated rings. The molecule has 1 heterocycles. The zero-order valence-electron chi connectivity index (χ0n) is 9.34. The number of hydrogen-bond acceptors (Lipinski definition) is 3. The van der Waals surface area contributed by atoms with E-state index in [-0.39, 0.29) is 0 Å². The SMILES string of the molecule is CNCCc1nc(-c2cc(F)cc(F)c2)cs1. The van der Waals surface area contributed by atoms with Crippen molar-refractivity contribution in [3.63, 3.8) is 0 Å². The molecule has 0 aliphatic carbocycles. The number of nitrogens with zero attached hydrogens (tertiary/aromatic N) is 1. The van der Waals surface area contributed by atoms with Crippen LogP contribution in [0.25, 0.3) is 11.3 Å². The van der Waals surface area contributed by atoms with E-state index >= 15 is 0 Å². The molecule has 2 rings (SSSR count). The van der Waals surface area contributed by atoms with Crippen molar-refractivity contribution in [2.45, 2.75) is 6.42 Å². The lowest BCUT2D eigenvalue weighted by molar-refractivity contribution is 0.584. The fourth-order valence-electron chi connectivity index (χ4n) is 1.49. The summed E-state index contributed by atoms with van der Waals surface area (Å²) in [5.74, 6) is -1.16. The first-order valence-corrected chi connectivity index (χ1v) is 6.12. The van der Waals surface area contributed by atoms with E-state index in [1.54, 1.807) is 0 Å². The van der Waals surface area contributed by atoms with Crippen LogP contribution in [0, 0.1) is 11.6 Å². The molecule has 0 amide bonds. The van der Waals surface area contributed by atoms with Crippen molar-refractivity contribution in [2.75, 3.05) is 13.6 Å². The Labute approximate surface area is 102 Å². The van der Waals surface area contributed by atoms with Crippen molar-refractivity contribution in [2.24, 2.45) is 0 Å². The van der Waals surface area contributed by atoms with E-state index in [0.717, 1.165) is 24.0 Å². The highest BCUT2D eigenvalue weighted by molar-refractivity contribution is 7.09. The molecule has 2 nitrogen and oxygen atoms in total. The molecule has 90 valence electrons. The molecule has 1 N–H and O–H groups in total. The van der Waals surface area contributed by atoms with E-state index in [2.05, 4.69) is 10.3 Å². The van der Waals surface area contributed by atoms with E-state index in [9.17, 15) is 8.78 Å². The fourth-order valence-corrected chi connectivity index (χ4v) is 2.30. The van der Waals surface area contributed by atoms with Crippen molar-refractivity contribution in [3.8, 4) is 11.3 Å². The molecule has 17 heavy (non-hydrogen) atoms. The summed E-state index contributed by atoms with van der Waals surface area (Å²) in [5, 5.41) is 5.81. The quantitative estimate of drug-likeness (QED) is 0.907. The van der Waals surface area contributed by atoms with Crippen LogP contribution in [0.4, 0.5) is 8.78 Å². The van der Waals surface area contributed by atoms with Gasteiger partial charge in [-0.25, -0.2) is 13.8 Å². The van der Waals surface area contributed by atoms with Crippen LogP contribution in [-0.2, 0) is 6.42 Å². The van der Waals surface area contributed by atoms with Gasteiger partial charge >= 0.3 is 0 Å². The zero-order chi connectivity index (χ0) is 12.3. The van der Waals surface area contributed by atoms with Gasteiger partial charge in [0.25, 0.3) is 0 Å². The van der Waals surface area contributed by atoms with Gasteiger partial charge in [0.15, 0.2) is 0 Å². The van der Waals surface area contributed by atoms with Gasteiger partial charge in [-0.1, -0.05) is 0 Å². The maximum atomic E-state index is 13.0. The van der Waals surface area contributed by atoms with Crippen molar-refractivity contribution in [1.29, 1.82) is 0 Å². The molecule has 0 atom stereocenters. The summed E-state index contributed by atoms with van der Waals surface area (Å²) in [6, 6.07) is 3.44. The van der Waals surface area contributed by atoms with E-state index < -0.39 is 11.6 Å². The van der Waals surface area contributed by atoms with Crippen LogP contribution >= 0.6 is 11.3 Å². The van der Waals surface area contributed by atoms with Gasteiger partial charge in [-0.15, -0.1) is 11.3 Å². The number of rotatable bonds is 4. The van der Waals surface area contributed by atoms with E-state index in [0.29, 0.717) is 11.3 Å². The second kappa shape index (κ2) is 5.33. The summed E-state index contributed by atoms with van der Waals surface area (Å²) in [6.45, 7) is 0.838. The van der Waals surface area contributed by atoms with Gasteiger partial charge in [0.05, 0.1) is 10.7 Å². The Morgan fingerprint density at radius 2 is 1.94 bits per heavy atom.